The van der Waals surface area contributed by atoms with E-state index in [1.165, 1.54) is 11.3 Å². The van der Waals surface area contributed by atoms with Gasteiger partial charge in [-0.25, -0.2) is 9.97 Å². The highest BCUT2D eigenvalue weighted by Gasteiger charge is 2.15. The van der Waals surface area contributed by atoms with Gasteiger partial charge in [-0.05, 0) is 17.5 Å². The van der Waals surface area contributed by atoms with Crippen LogP contribution in [0.5, 0.6) is 0 Å². The van der Waals surface area contributed by atoms with E-state index in [4.69, 9.17) is 4.42 Å². The fourth-order valence-electron chi connectivity index (χ4n) is 2.37. The summed E-state index contributed by atoms with van der Waals surface area (Å²) >= 11 is 3.03. The van der Waals surface area contributed by atoms with Gasteiger partial charge in [0.1, 0.15) is 5.76 Å². The number of anilines is 1. The molecule has 0 aliphatic heterocycles. The van der Waals surface area contributed by atoms with Gasteiger partial charge < -0.3 is 9.73 Å². The standard InChI is InChI=1S/C19H22N4O2S2/c1-19(2,3)9-14-10-21-16(25-14)12-26-17-11-22-18(27-17)23-15(24)8-13-6-4-5-7-20-13/h4-7,10-11H,8-9,12H2,1-3H3,(H,22,23,24). The summed E-state index contributed by atoms with van der Waals surface area (Å²) in [6, 6.07) is 5.52. The average molecular weight is 403 g/mol. The first kappa shape index (κ1) is 19.6. The second-order valence-corrected chi connectivity index (χ2v) is 9.58. The molecule has 3 aromatic rings. The molecule has 8 heteroatoms. The van der Waals surface area contributed by atoms with Gasteiger partial charge in [-0.3, -0.25) is 9.78 Å². The van der Waals surface area contributed by atoms with Crippen LogP contribution in [0.25, 0.3) is 0 Å². The molecule has 0 aliphatic carbocycles. The quantitative estimate of drug-likeness (QED) is 0.582. The number of thiazole rings is 1. The number of amides is 1. The van der Waals surface area contributed by atoms with Gasteiger partial charge >= 0.3 is 0 Å². The highest BCUT2D eigenvalue weighted by Crippen LogP contribution is 2.31. The van der Waals surface area contributed by atoms with Gasteiger partial charge in [-0.2, -0.15) is 0 Å². The van der Waals surface area contributed by atoms with Crippen LogP contribution in [0, 0.1) is 5.41 Å². The Morgan fingerprint density at radius 3 is 2.81 bits per heavy atom. The molecule has 142 valence electrons. The van der Waals surface area contributed by atoms with Gasteiger partial charge in [0, 0.05) is 18.3 Å². The molecule has 1 amide bonds. The first-order valence-corrected chi connectivity index (χ1v) is 10.4. The molecule has 0 aromatic carbocycles. The lowest BCUT2D eigenvalue weighted by Crippen LogP contribution is -2.14. The largest absolute Gasteiger partial charge is 0.445 e. The third-order valence-corrected chi connectivity index (χ3v) is 5.53. The summed E-state index contributed by atoms with van der Waals surface area (Å²) in [6.07, 6.45) is 6.32. The van der Waals surface area contributed by atoms with Crippen LogP contribution in [0.4, 0.5) is 5.13 Å². The maximum Gasteiger partial charge on any atom is 0.232 e. The number of carbonyl (C=O) groups excluding carboxylic acids is 1. The number of oxazole rings is 1. The molecule has 0 fully saturated rings. The van der Waals surface area contributed by atoms with E-state index < -0.39 is 0 Å². The van der Waals surface area contributed by atoms with Crippen LogP contribution in [0.3, 0.4) is 0 Å². The lowest BCUT2D eigenvalue weighted by Gasteiger charge is -2.15. The Bertz CT molecular complexity index is 885. The van der Waals surface area contributed by atoms with Crippen molar-refractivity contribution in [2.45, 2.75) is 43.6 Å². The zero-order chi connectivity index (χ0) is 19.3. The summed E-state index contributed by atoms with van der Waals surface area (Å²) in [7, 11) is 0. The van der Waals surface area contributed by atoms with Crippen LogP contribution < -0.4 is 5.32 Å². The molecule has 0 radical (unpaired) electrons. The van der Waals surface area contributed by atoms with Gasteiger partial charge in [-0.15, -0.1) is 11.8 Å². The highest BCUT2D eigenvalue weighted by molar-refractivity contribution is 8.00. The number of nitrogens with zero attached hydrogens (tertiary/aromatic N) is 3. The fraction of sp³-hybridized carbons (Fsp3) is 0.368. The number of hydrogen-bond acceptors (Lipinski definition) is 7. The van der Waals surface area contributed by atoms with E-state index in [9.17, 15) is 4.79 Å². The van der Waals surface area contributed by atoms with Crippen molar-refractivity contribution in [2.24, 2.45) is 5.41 Å². The van der Waals surface area contributed by atoms with Gasteiger partial charge in [0.15, 0.2) is 5.13 Å². The van der Waals surface area contributed by atoms with Gasteiger partial charge in [0.25, 0.3) is 0 Å². The SMILES string of the molecule is CC(C)(C)Cc1cnc(CSc2cnc(NC(=O)Cc3ccccn3)s2)o1. The first-order chi connectivity index (χ1) is 12.9. The molecule has 0 saturated heterocycles. The molecule has 3 heterocycles. The van der Waals surface area contributed by atoms with Crippen LogP contribution in [-0.4, -0.2) is 20.9 Å². The molecular formula is C19H22N4O2S2. The summed E-state index contributed by atoms with van der Waals surface area (Å²) in [5.74, 6) is 2.12. The highest BCUT2D eigenvalue weighted by atomic mass is 32.2. The van der Waals surface area contributed by atoms with E-state index in [2.05, 4.69) is 41.0 Å². The predicted octanol–water partition coefficient (Wildman–Crippen LogP) is 4.59. The minimum absolute atomic E-state index is 0.126. The van der Waals surface area contributed by atoms with Crippen molar-refractivity contribution >= 4 is 34.1 Å². The molecule has 3 rings (SSSR count). The van der Waals surface area contributed by atoms with Crippen LogP contribution in [0.1, 0.15) is 38.1 Å². The zero-order valence-corrected chi connectivity index (χ0v) is 17.2. The van der Waals surface area contributed by atoms with E-state index in [-0.39, 0.29) is 17.7 Å². The van der Waals surface area contributed by atoms with Crippen molar-refractivity contribution in [1.29, 1.82) is 0 Å². The molecule has 0 atom stereocenters. The predicted molar refractivity (Wildman–Crippen MR) is 108 cm³/mol. The molecule has 3 aromatic heterocycles. The Morgan fingerprint density at radius 2 is 2.07 bits per heavy atom. The van der Waals surface area contributed by atoms with E-state index in [1.807, 2.05) is 18.2 Å². The van der Waals surface area contributed by atoms with Gasteiger partial charge in [-0.1, -0.05) is 38.2 Å². The third kappa shape index (κ3) is 6.48. The topological polar surface area (TPSA) is 80.9 Å². The lowest BCUT2D eigenvalue weighted by molar-refractivity contribution is -0.115. The van der Waals surface area contributed by atoms with E-state index in [1.54, 1.807) is 30.4 Å². The summed E-state index contributed by atoms with van der Waals surface area (Å²) in [5, 5.41) is 3.40. The molecule has 0 saturated carbocycles. The zero-order valence-electron chi connectivity index (χ0n) is 15.6. The average Bonchev–Trinajstić information content (AvgIpc) is 3.21. The van der Waals surface area contributed by atoms with Gasteiger partial charge in [0.2, 0.25) is 11.8 Å². The Labute approximate surface area is 166 Å². The van der Waals surface area contributed by atoms with Crippen molar-refractivity contribution in [3.8, 4) is 0 Å². The van der Waals surface area contributed by atoms with Crippen LogP contribution in [0.15, 0.2) is 45.4 Å². The molecule has 27 heavy (non-hydrogen) atoms. The van der Waals surface area contributed by atoms with Crippen LogP contribution in [-0.2, 0) is 23.4 Å². The Kier molecular flexibility index (Phi) is 6.28. The minimum Gasteiger partial charge on any atom is -0.445 e. The van der Waals surface area contributed by atoms with E-state index >= 15 is 0 Å². The molecule has 0 bridgehead atoms. The molecule has 1 N–H and O–H groups in total. The number of carbonyl (C=O) groups is 1. The summed E-state index contributed by atoms with van der Waals surface area (Å²) in [4.78, 5) is 24.8. The third-order valence-electron chi connectivity index (χ3n) is 3.44. The molecule has 0 unspecified atom stereocenters. The number of nitrogens with one attached hydrogen (secondary N) is 1. The number of rotatable bonds is 7. The molecule has 0 spiro atoms. The van der Waals surface area contributed by atoms with Crippen LogP contribution in [0.2, 0.25) is 0 Å². The van der Waals surface area contributed by atoms with Crippen molar-refractivity contribution < 1.29 is 9.21 Å². The van der Waals surface area contributed by atoms with Crippen LogP contribution >= 0.6 is 23.1 Å². The maximum atomic E-state index is 12.1. The second-order valence-electron chi connectivity index (χ2n) is 7.28. The molecule has 0 aliphatic rings. The smallest absolute Gasteiger partial charge is 0.232 e. The first-order valence-electron chi connectivity index (χ1n) is 8.59. The lowest BCUT2D eigenvalue weighted by atomic mass is 9.91. The number of pyridine rings is 1. The minimum atomic E-state index is -0.126. The second kappa shape index (κ2) is 8.67. The summed E-state index contributed by atoms with van der Waals surface area (Å²) < 4.78 is 6.79. The Hall–Kier alpha value is -2.19. The summed E-state index contributed by atoms with van der Waals surface area (Å²) in [6.45, 7) is 6.51. The normalized spacial score (nSPS) is 11.5. The molecular weight excluding hydrogens is 380 g/mol. The monoisotopic (exact) mass is 402 g/mol. The maximum absolute atomic E-state index is 12.1. The van der Waals surface area contributed by atoms with E-state index in [0.29, 0.717) is 16.8 Å². The van der Waals surface area contributed by atoms with Crippen molar-refractivity contribution in [2.75, 3.05) is 5.32 Å². The molecule has 6 nitrogen and oxygen atoms in total. The fourth-order valence-corrected chi connectivity index (χ4v) is 4.11. The Balaban J connectivity index is 1.49. The number of thioether (sulfide) groups is 1. The van der Waals surface area contributed by atoms with Crippen molar-refractivity contribution in [3.63, 3.8) is 0 Å². The van der Waals surface area contributed by atoms with Crippen molar-refractivity contribution in [1.82, 2.24) is 15.0 Å². The number of aromatic nitrogens is 3. The van der Waals surface area contributed by atoms with Crippen molar-refractivity contribution in [3.05, 3.63) is 54.1 Å². The summed E-state index contributed by atoms with van der Waals surface area (Å²) in [5.41, 5.74) is 0.903. The van der Waals surface area contributed by atoms with E-state index in [0.717, 1.165) is 22.1 Å². The van der Waals surface area contributed by atoms with Gasteiger partial charge in [0.05, 0.1) is 28.8 Å². The Morgan fingerprint density at radius 1 is 1.22 bits per heavy atom. The number of hydrogen-bond donors (Lipinski definition) is 1.